The Morgan fingerprint density at radius 3 is 2.78 bits per heavy atom. The van der Waals surface area contributed by atoms with Gasteiger partial charge in [0.1, 0.15) is 19.0 Å². The first-order valence-corrected chi connectivity index (χ1v) is 6.88. The van der Waals surface area contributed by atoms with Crippen molar-refractivity contribution < 1.29 is 14.1 Å². The van der Waals surface area contributed by atoms with E-state index in [4.69, 9.17) is 4.74 Å². The fourth-order valence-electron chi connectivity index (χ4n) is 2.22. The third-order valence-corrected chi connectivity index (χ3v) is 3.24. The quantitative estimate of drug-likeness (QED) is 0.531. The molecule has 116 valence electrons. The van der Waals surface area contributed by atoms with Gasteiger partial charge in [0.25, 0.3) is 5.69 Å². The molecule has 0 fully saturated rings. The van der Waals surface area contributed by atoms with Gasteiger partial charge < -0.3 is 4.74 Å². The molecule has 2 aromatic carbocycles. The lowest BCUT2D eigenvalue weighted by atomic mass is 10.1. The first-order valence-electron chi connectivity index (χ1n) is 6.88. The second kappa shape index (κ2) is 6.35. The molecule has 1 aromatic heterocycles. The first-order chi connectivity index (χ1) is 11.2. The normalized spacial score (nSPS) is 10.7. The maximum absolute atomic E-state index is 12.2. The van der Waals surface area contributed by atoms with Crippen LogP contribution in [0.25, 0.3) is 22.3 Å². The molecular formula is C16H12FN3O3. The number of hydrogen-bond acceptors (Lipinski definition) is 5. The maximum atomic E-state index is 12.2. The number of nitrogens with zero attached hydrogens (tertiary/aromatic N) is 3. The van der Waals surface area contributed by atoms with E-state index in [1.54, 1.807) is 36.4 Å². The van der Waals surface area contributed by atoms with Crippen LogP contribution in [0.4, 0.5) is 10.1 Å². The lowest BCUT2D eigenvalue weighted by Crippen LogP contribution is -1.99. The molecule has 3 aromatic rings. The van der Waals surface area contributed by atoms with Crippen LogP contribution in [0, 0.1) is 10.1 Å². The van der Waals surface area contributed by atoms with Crippen LogP contribution >= 0.6 is 0 Å². The van der Waals surface area contributed by atoms with Crippen LogP contribution in [-0.2, 0) is 0 Å². The molecule has 0 radical (unpaired) electrons. The van der Waals surface area contributed by atoms with E-state index in [9.17, 15) is 14.5 Å². The highest BCUT2D eigenvalue weighted by Gasteiger charge is 2.16. The van der Waals surface area contributed by atoms with Crippen LogP contribution in [0.2, 0.25) is 0 Å². The molecule has 1 heterocycles. The Hall–Kier alpha value is -3.09. The van der Waals surface area contributed by atoms with Crippen LogP contribution in [0.3, 0.4) is 0 Å². The van der Waals surface area contributed by atoms with Gasteiger partial charge in [-0.2, -0.15) is 0 Å². The molecule has 0 amide bonds. The van der Waals surface area contributed by atoms with Gasteiger partial charge >= 0.3 is 0 Å². The van der Waals surface area contributed by atoms with E-state index in [2.05, 4.69) is 9.97 Å². The summed E-state index contributed by atoms with van der Waals surface area (Å²) >= 11 is 0. The van der Waals surface area contributed by atoms with E-state index in [-0.39, 0.29) is 12.3 Å². The van der Waals surface area contributed by atoms with Crippen molar-refractivity contribution >= 4 is 16.7 Å². The number of nitro groups is 1. The Balaban J connectivity index is 2.07. The van der Waals surface area contributed by atoms with Crippen LogP contribution in [0.15, 0.2) is 48.7 Å². The van der Waals surface area contributed by atoms with Crippen LogP contribution in [0.1, 0.15) is 0 Å². The van der Waals surface area contributed by atoms with Crippen LogP contribution < -0.4 is 4.74 Å². The second-order valence-electron chi connectivity index (χ2n) is 4.72. The summed E-state index contributed by atoms with van der Waals surface area (Å²) < 4.78 is 17.4. The van der Waals surface area contributed by atoms with Crippen molar-refractivity contribution in [3.8, 4) is 17.0 Å². The fourth-order valence-corrected chi connectivity index (χ4v) is 2.22. The smallest absolute Gasteiger partial charge is 0.278 e. The summed E-state index contributed by atoms with van der Waals surface area (Å²) in [6.07, 6.45) is 1.49. The molecule has 0 saturated heterocycles. The summed E-state index contributed by atoms with van der Waals surface area (Å²) in [7, 11) is 0. The molecule has 0 saturated carbocycles. The number of aromatic nitrogens is 2. The van der Waals surface area contributed by atoms with Gasteiger partial charge in [0.15, 0.2) is 0 Å². The molecule has 6 nitrogen and oxygen atoms in total. The Morgan fingerprint density at radius 2 is 2.00 bits per heavy atom. The number of para-hydroxylation sites is 1. The van der Waals surface area contributed by atoms with Gasteiger partial charge in [-0.25, -0.2) is 9.37 Å². The zero-order chi connectivity index (χ0) is 16.2. The van der Waals surface area contributed by atoms with Crippen molar-refractivity contribution in [1.82, 2.24) is 9.97 Å². The average Bonchev–Trinajstić information content (AvgIpc) is 2.59. The molecule has 0 unspecified atom stereocenters. The highest BCUT2D eigenvalue weighted by atomic mass is 19.1. The summed E-state index contributed by atoms with van der Waals surface area (Å²) in [5.74, 6) is 0.476. The predicted molar refractivity (Wildman–Crippen MR) is 83.1 cm³/mol. The van der Waals surface area contributed by atoms with E-state index < -0.39 is 11.6 Å². The minimum Gasteiger partial charge on any atom is -0.491 e. The molecule has 0 aliphatic heterocycles. The van der Waals surface area contributed by atoms with Crippen molar-refractivity contribution in [2.75, 3.05) is 13.3 Å². The topological polar surface area (TPSA) is 78.2 Å². The Bertz CT molecular complexity index is 870. The summed E-state index contributed by atoms with van der Waals surface area (Å²) in [5, 5.41) is 11.1. The second-order valence-corrected chi connectivity index (χ2v) is 4.72. The molecule has 0 bridgehead atoms. The van der Waals surface area contributed by atoms with Gasteiger partial charge in [-0.05, 0) is 18.2 Å². The highest BCUT2D eigenvalue weighted by molar-refractivity contribution is 5.80. The number of fused-ring (bicyclic) bond motifs is 1. The third kappa shape index (κ3) is 3.08. The van der Waals surface area contributed by atoms with Gasteiger partial charge in [-0.1, -0.05) is 12.1 Å². The number of rotatable bonds is 5. The third-order valence-electron chi connectivity index (χ3n) is 3.24. The van der Waals surface area contributed by atoms with Gasteiger partial charge in [0.05, 0.1) is 33.4 Å². The molecule has 0 spiro atoms. The maximum Gasteiger partial charge on any atom is 0.278 e. The average molecular weight is 313 g/mol. The summed E-state index contributed by atoms with van der Waals surface area (Å²) in [6.45, 7) is -0.622. The zero-order valence-corrected chi connectivity index (χ0v) is 12.0. The standard InChI is InChI=1S/C16H12FN3O3/c17-7-8-23-11-5-6-13-14(9-11)19-15(10-18-13)12-3-1-2-4-16(12)20(21)22/h1-6,9-10H,7-8H2. The zero-order valence-electron chi connectivity index (χ0n) is 12.0. The van der Waals surface area contributed by atoms with Crippen molar-refractivity contribution in [3.05, 3.63) is 58.8 Å². The lowest BCUT2D eigenvalue weighted by Gasteiger charge is -2.06. The van der Waals surface area contributed by atoms with E-state index in [1.807, 2.05) is 0 Å². The number of ether oxygens (including phenoxy) is 1. The monoisotopic (exact) mass is 313 g/mol. The summed E-state index contributed by atoms with van der Waals surface area (Å²) in [6, 6.07) is 11.4. The number of hydrogen-bond donors (Lipinski definition) is 0. The van der Waals surface area contributed by atoms with Gasteiger partial charge in [0.2, 0.25) is 0 Å². The van der Waals surface area contributed by atoms with Crippen LogP contribution in [-0.4, -0.2) is 28.2 Å². The fraction of sp³-hybridized carbons (Fsp3) is 0.125. The van der Waals surface area contributed by atoms with Gasteiger partial charge in [-0.3, -0.25) is 15.1 Å². The van der Waals surface area contributed by atoms with Crippen molar-refractivity contribution in [3.63, 3.8) is 0 Å². The number of halogens is 1. The van der Waals surface area contributed by atoms with Crippen molar-refractivity contribution in [1.29, 1.82) is 0 Å². The number of alkyl halides is 1. The minimum absolute atomic E-state index is 0.0361. The Labute approximate surface area is 130 Å². The van der Waals surface area contributed by atoms with Crippen molar-refractivity contribution in [2.45, 2.75) is 0 Å². The Morgan fingerprint density at radius 1 is 1.17 bits per heavy atom. The molecule has 3 rings (SSSR count). The Kier molecular flexibility index (Phi) is 4.09. The highest BCUT2D eigenvalue weighted by Crippen LogP contribution is 2.29. The molecule has 0 atom stereocenters. The predicted octanol–water partition coefficient (Wildman–Crippen LogP) is 3.55. The van der Waals surface area contributed by atoms with E-state index in [0.717, 1.165) is 0 Å². The SMILES string of the molecule is O=[N+]([O-])c1ccccc1-c1cnc2ccc(OCCF)cc2n1. The molecule has 23 heavy (non-hydrogen) atoms. The van der Waals surface area contributed by atoms with Gasteiger partial charge in [-0.15, -0.1) is 0 Å². The van der Waals surface area contributed by atoms with Gasteiger partial charge in [0, 0.05) is 12.1 Å². The molecule has 7 heteroatoms. The van der Waals surface area contributed by atoms with E-state index >= 15 is 0 Å². The number of benzene rings is 2. The van der Waals surface area contributed by atoms with E-state index in [0.29, 0.717) is 28.0 Å². The summed E-state index contributed by atoms with van der Waals surface area (Å²) in [5.41, 5.74) is 1.90. The molecule has 0 N–H and O–H groups in total. The minimum atomic E-state index is -0.583. The van der Waals surface area contributed by atoms with Crippen LogP contribution in [0.5, 0.6) is 5.75 Å². The summed E-state index contributed by atoms with van der Waals surface area (Å²) in [4.78, 5) is 19.4. The lowest BCUT2D eigenvalue weighted by molar-refractivity contribution is -0.384. The first kappa shape index (κ1) is 14.8. The molecular weight excluding hydrogens is 301 g/mol. The largest absolute Gasteiger partial charge is 0.491 e. The van der Waals surface area contributed by atoms with Crippen molar-refractivity contribution in [2.24, 2.45) is 0 Å². The molecule has 0 aliphatic carbocycles. The number of nitro benzene ring substituents is 1. The molecule has 0 aliphatic rings. The van der Waals surface area contributed by atoms with E-state index in [1.165, 1.54) is 12.3 Å².